The Morgan fingerprint density at radius 2 is 1.77 bits per heavy atom. The predicted octanol–water partition coefficient (Wildman–Crippen LogP) is 4.67. The highest BCUT2D eigenvalue weighted by Crippen LogP contribution is 2.32. The Labute approximate surface area is 203 Å². The van der Waals surface area contributed by atoms with Crippen LogP contribution in [-0.2, 0) is 14.8 Å². The number of hydrogen-bond donors (Lipinski definition) is 2. The smallest absolute Gasteiger partial charge is 0.341 e. The molecular weight excluding hydrogens is 466 g/mol. The molecule has 2 heterocycles. The third kappa shape index (κ3) is 5.22. The van der Waals surface area contributed by atoms with Crippen LogP contribution in [0.4, 0.5) is 17.3 Å². The van der Waals surface area contributed by atoms with Crippen molar-refractivity contribution in [2.24, 2.45) is 0 Å². The Balaban J connectivity index is 1.69. The molecule has 0 spiro atoms. The average Bonchev–Trinajstić information content (AvgIpc) is 2.79. The van der Waals surface area contributed by atoms with E-state index in [2.05, 4.69) is 25.0 Å². The lowest BCUT2D eigenvalue weighted by Gasteiger charge is -2.16. The van der Waals surface area contributed by atoms with Crippen LogP contribution >= 0.6 is 0 Å². The van der Waals surface area contributed by atoms with Crippen molar-refractivity contribution in [2.75, 3.05) is 16.6 Å². The number of benzene rings is 2. The number of carbonyl (C=O) groups is 1. The molecule has 0 unspecified atom stereocenters. The summed E-state index contributed by atoms with van der Waals surface area (Å²) in [5, 5.41) is 4.03. The summed E-state index contributed by atoms with van der Waals surface area (Å²) in [7, 11) is -3.88. The molecule has 0 bridgehead atoms. The minimum absolute atomic E-state index is 0.000255. The number of pyridine rings is 1. The van der Waals surface area contributed by atoms with E-state index in [1.54, 1.807) is 32.0 Å². The molecule has 2 N–H and O–H groups in total. The lowest BCUT2D eigenvalue weighted by atomic mass is 10.0. The van der Waals surface area contributed by atoms with Gasteiger partial charge in [-0.1, -0.05) is 11.6 Å². The summed E-state index contributed by atoms with van der Waals surface area (Å²) in [6, 6.07) is 11.8. The maximum Gasteiger partial charge on any atom is 0.341 e. The molecular formula is C25H25N5O4S. The molecule has 4 rings (SSSR count). The standard InChI is InChI=1S/C25H25N5O4S/c1-5-34-24(31)21-14-27-22-16(3)12-15(2)13-20(22)23(21)29-18-6-8-19(9-7-18)35(32,33)30-25-26-11-10-17(4)28-25/h6-14H,5H2,1-4H3,(H,27,29)(H,26,28,30). The normalized spacial score (nSPS) is 11.3. The fraction of sp³-hybridized carbons (Fsp3) is 0.200. The number of ether oxygens (including phenoxy) is 1. The van der Waals surface area contributed by atoms with Crippen molar-refractivity contribution in [1.29, 1.82) is 0 Å². The van der Waals surface area contributed by atoms with E-state index in [4.69, 9.17) is 4.74 Å². The van der Waals surface area contributed by atoms with Gasteiger partial charge in [-0.25, -0.2) is 27.9 Å². The largest absolute Gasteiger partial charge is 0.462 e. The third-order valence-electron chi connectivity index (χ3n) is 5.26. The SMILES string of the molecule is CCOC(=O)c1cnc2c(C)cc(C)cc2c1Nc1ccc(S(=O)(=O)Nc2nccc(C)n2)cc1. The van der Waals surface area contributed by atoms with E-state index in [0.717, 1.165) is 22.0 Å². The summed E-state index contributed by atoms with van der Waals surface area (Å²) >= 11 is 0. The maximum absolute atomic E-state index is 12.8. The first kappa shape index (κ1) is 24.1. The zero-order valence-electron chi connectivity index (χ0n) is 19.8. The first-order valence-electron chi connectivity index (χ1n) is 10.9. The molecule has 35 heavy (non-hydrogen) atoms. The van der Waals surface area contributed by atoms with Crippen LogP contribution < -0.4 is 10.0 Å². The highest BCUT2D eigenvalue weighted by atomic mass is 32.2. The molecule has 0 fully saturated rings. The Hall–Kier alpha value is -4.05. The Kier molecular flexibility index (Phi) is 6.65. The van der Waals surface area contributed by atoms with Crippen LogP contribution in [0.15, 0.2) is 59.8 Å². The molecule has 0 saturated carbocycles. The topological polar surface area (TPSA) is 123 Å². The van der Waals surface area contributed by atoms with Gasteiger partial charge in [0.2, 0.25) is 5.95 Å². The number of aryl methyl sites for hydroxylation is 3. The van der Waals surface area contributed by atoms with E-state index in [0.29, 0.717) is 22.6 Å². The Morgan fingerprint density at radius 1 is 1.03 bits per heavy atom. The summed E-state index contributed by atoms with van der Waals surface area (Å²) in [5.74, 6) is -0.495. The van der Waals surface area contributed by atoms with Gasteiger partial charge >= 0.3 is 5.97 Å². The van der Waals surface area contributed by atoms with Crippen LogP contribution in [0.5, 0.6) is 0 Å². The second-order valence-electron chi connectivity index (χ2n) is 8.02. The number of esters is 1. The van der Waals surface area contributed by atoms with Crippen molar-refractivity contribution in [1.82, 2.24) is 15.0 Å². The second kappa shape index (κ2) is 9.67. The third-order valence-corrected chi connectivity index (χ3v) is 6.60. The van der Waals surface area contributed by atoms with Gasteiger partial charge in [-0.3, -0.25) is 4.98 Å². The Bertz CT molecular complexity index is 1520. The molecule has 2 aromatic carbocycles. The quantitative estimate of drug-likeness (QED) is 0.358. The van der Waals surface area contributed by atoms with Gasteiger partial charge in [0.1, 0.15) is 5.56 Å². The number of rotatable bonds is 7. The minimum atomic E-state index is -3.88. The number of nitrogens with one attached hydrogen (secondary N) is 2. The summed E-state index contributed by atoms with van der Waals surface area (Å²) < 4.78 is 33.1. The monoisotopic (exact) mass is 491 g/mol. The van der Waals surface area contributed by atoms with Crippen LogP contribution in [0.25, 0.3) is 10.9 Å². The van der Waals surface area contributed by atoms with Crippen LogP contribution in [0, 0.1) is 20.8 Å². The Morgan fingerprint density at radius 3 is 2.46 bits per heavy atom. The molecule has 0 atom stereocenters. The van der Waals surface area contributed by atoms with Gasteiger partial charge in [-0.05, 0) is 69.7 Å². The van der Waals surface area contributed by atoms with Crippen molar-refractivity contribution in [2.45, 2.75) is 32.6 Å². The van der Waals surface area contributed by atoms with Gasteiger partial charge in [0.25, 0.3) is 10.0 Å². The number of nitrogens with zero attached hydrogens (tertiary/aromatic N) is 3. The molecule has 9 nitrogen and oxygen atoms in total. The first-order chi connectivity index (χ1) is 16.7. The summed E-state index contributed by atoms with van der Waals surface area (Å²) in [4.78, 5) is 25.2. The number of fused-ring (bicyclic) bond motifs is 1. The molecule has 0 radical (unpaired) electrons. The molecule has 4 aromatic rings. The fourth-order valence-corrected chi connectivity index (χ4v) is 4.65. The summed E-state index contributed by atoms with van der Waals surface area (Å²) in [6.07, 6.45) is 2.98. The molecule has 2 aromatic heterocycles. The van der Waals surface area contributed by atoms with Crippen molar-refractivity contribution in [3.8, 4) is 0 Å². The molecule has 10 heteroatoms. The van der Waals surface area contributed by atoms with Crippen LogP contribution in [0.2, 0.25) is 0 Å². The van der Waals surface area contributed by atoms with Gasteiger partial charge in [0, 0.05) is 29.2 Å². The number of carbonyl (C=O) groups excluding carboxylic acids is 1. The van der Waals surface area contributed by atoms with Gasteiger partial charge in [0.15, 0.2) is 0 Å². The van der Waals surface area contributed by atoms with E-state index >= 15 is 0 Å². The van der Waals surface area contributed by atoms with Crippen LogP contribution in [0.3, 0.4) is 0 Å². The van der Waals surface area contributed by atoms with E-state index < -0.39 is 16.0 Å². The van der Waals surface area contributed by atoms with Crippen molar-refractivity contribution < 1.29 is 17.9 Å². The van der Waals surface area contributed by atoms with Crippen molar-refractivity contribution in [3.63, 3.8) is 0 Å². The van der Waals surface area contributed by atoms with Crippen molar-refractivity contribution in [3.05, 3.63) is 77.2 Å². The number of anilines is 3. The molecule has 0 amide bonds. The zero-order valence-corrected chi connectivity index (χ0v) is 20.6. The highest BCUT2D eigenvalue weighted by molar-refractivity contribution is 7.92. The molecule has 180 valence electrons. The number of hydrogen-bond acceptors (Lipinski definition) is 8. The summed E-state index contributed by atoms with van der Waals surface area (Å²) in [6.45, 7) is 7.64. The average molecular weight is 492 g/mol. The number of aromatic nitrogens is 3. The van der Waals surface area contributed by atoms with E-state index in [1.807, 2.05) is 26.0 Å². The summed E-state index contributed by atoms with van der Waals surface area (Å²) in [5.41, 5.74) is 4.82. The molecule has 0 aliphatic carbocycles. The highest BCUT2D eigenvalue weighted by Gasteiger charge is 2.19. The molecule has 0 aliphatic heterocycles. The second-order valence-corrected chi connectivity index (χ2v) is 9.70. The molecule has 0 saturated heterocycles. The fourth-order valence-electron chi connectivity index (χ4n) is 3.70. The van der Waals surface area contributed by atoms with Gasteiger partial charge < -0.3 is 10.1 Å². The van der Waals surface area contributed by atoms with Gasteiger partial charge in [-0.2, -0.15) is 0 Å². The maximum atomic E-state index is 12.8. The van der Waals surface area contributed by atoms with Gasteiger partial charge in [0.05, 0.1) is 22.7 Å². The number of sulfonamides is 1. The van der Waals surface area contributed by atoms with Crippen molar-refractivity contribution >= 4 is 44.2 Å². The molecule has 0 aliphatic rings. The van der Waals surface area contributed by atoms with E-state index in [9.17, 15) is 13.2 Å². The van der Waals surface area contributed by atoms with E-state index in [-0.39, 0.29) is 17.5 Å². The lowest BCUT2D eigenvalue weighted by Crippen LogP contribution is -2.15. The van der Waals surface area contributed by atoms with Gasteiger partial charge in [-0.15, -0.1) is 0 Å². The predicted molar refractivity (Wildman–Crippen MR) is 134 cm³/mol. The lowest BCUT2D eigenvalue weighted by molar-refractivity contribution is 0.0527. The van der Waals surface area contributed by atoms with E-state index in [1.165, 1.54) is 24.5 Å². The first-order valence-corrected chi connectivity index (χ1v) is 12.4. The zero-order chi connectivity index (χ0) is 25.2. The van der Waals surface area contributed by atoms with Crippen LogP contribution in [0.1, 0.15) is 34.1 Å². The minimum Gasteiger partial charge on any atom is -0.462 e. The van der Waals surface area contributed by atoms with Crippen LogP contribution in [-0.4, -0.2) is 35.9 Å².